The van der Waals surface area contributed by atoms with Crippen LogP contribution in [0.15, 0.2) is 0 Å². The molecule has 0 saturated carbocycles. The lowest BCUT2D eigenvalue weighted by atomic mass is 10.1. The molecule has 13 heavy (non-hydrogen) atoms. The van der Waals surface area contributed by atoms with E-state index in [4.69, 9.17) is 0 Å². The molecular formula is C8H16N2O2S. The second-order valence-electron chi connectivity index (χ2n) is 3.83. The molecule has 0 aliphatic carbocycles. The molecular weight excluding hydrogens is 188 g/mol. The first-order chi connectivity index (χ1) is 6.12. The Kier molecular flexibility index (Phi) is 2.33. The number of nitrogens with one attached hydrogen (secondary N) is 1. The number of likely N-dealkylation sites (N-methyl/N-ethyl adjacent to an activating group) is 1. The van der Waals surface area contributed by atoms with Gasteiger partial charge in [0.2, 0.25) is 0 Å². The van der Waals surface area contributed by atoms with Crippen LogP contribution in [0, 0.1) is 0 Å². The third-order valence-corrected chi connectivity index (χ3v) is 4.72. The summed E-state index contributed by atoms with van der Waals surface area (Å²) >= 11 is 0. The molecule has 0 aromatic heterocycles. The second kappa shape index (κ2) is 3.22. The van der Waals surface area contributed by atoms with Gasteiger partial charge in [0.05, 0.1) is 11.5 Å². The summed E-state index contributed by atoms with van der Waals surface area (Å²) in [5, 5.41) is 3.28. The lowest BCUT2D eigenvalue weighted by molar-refractivity contribution is 0.157. The van der Waals surface area contributed by atoms with Crippen molar-refractivity contribution in [2.45, 2.75) is 19.0 Å². The van der Waals surface area contributed by atoms with Gasteiger partial charge in [0, 0.05) is 25.2 Å². The molecule has 4 nitrogen and oxygen atoms in total. The van der Waals surface area contributed by atoms with Crippen molar-refractivity contribution < 1.29 is 8.42 Å². The van der Waals surface area contributed by atoms with E-state index in [0.29, 0.717) is 11.5 Å². The first kappa shape index (κ1) is 9.43. The molecule has 5 heteroatoms. The van der Waals surface area contributed by atoms with Gasteiger partial charge in [-0.25, -0.2) is 8.42 Å². The van der Waals surface area contributed by atoms with Crippen molar-refractivity contribution in [1.29, 1.82) is 0 Å². The van der Waals surface area contributed by atoms with Gasteiger partial charge in [0.25, 0.3) is 0 Å². The van der Waals surface area contributed by atoms with Gasteiger partial charge in [-0.1, -0.05) is 6.92 Å². The van der Waals surface area contributed by atoms with Crippen molar-refractivity contribution in [2.75, 3.05) is 31.1 Å². The van der Waals surface area contributed by atoms with Crippen molar-refractivity contribution in [2.24, 2.45) is 0 Å². The summed E-state index contributed by atoms with van der Waals surface area (Å²) in [6, 6.07) is 0.405. The lowest BCUT2D eigenvalue weighted by Crippen LogP contribution is -2.57. The fourth-order valence-corrected chi connectivity index (χ4v) is 4.32. The fraction of sp³-hybridized carbons (Fsp3) is 1.00. The van der Waals surface area contributed by atoms with Crippen LogP contribution in [0.3, 0.4) is 0 Å². The van der Waals surface area contributed by atoms with Gasteiger partial charge in [-0.2, -0.15) is 0 Å². The molecule has 2 rings (SSSR count). The Balaban J connectivity index is 2.17. The molecule has 2 aliphatic rings. The SMILES string of the molecule is CCN1CCNC2CS(=O)(=O)CC21. The maximum absolute atomic E-state index is 11.4. The molecule has 2 saturated heterocycles. The van der Waals surface area contributed by atoms with Crippen LogP contribution in [0.25, 0.3) is 0 Å². The number of piperazine rings is 1. The minimum atomic E-state index is -2.78. The van der Waals surface area contributed by atoms with Crippen LogP contribution in [0.5, 0.6) is 0 Å². The first-order valence-electron chi connectivity index (χ1n) is 4.80. The summed E-state index contributed by atoms with van der Waals surface area (Å²) in [6.45, 7) is 4.95. The number of hydrogen-bond donors (Lipinski definition) is 1. The second-order valence-corrected chi connectivity index (χ2v) is 5.99. The average Bonchev–Trinajstić information content (AvgIpc) is 2.37. The van der Waals surface area contributed by atoms with Crippen LogP contribution in [-0.2, 0) is 9.84 Å². The van der Waals surface area contributed by atoms with Gasteiger partial charge < -0.3 is 5.32 Å². The molecule has 2 unspecified atom stereocenters. The van der Waals surface area contributed by atoms with Crippen LogP contribution >= 0.6 is 0 Å². The number of sulfone groups is 1. The van der Waals surface area contributed by atoms with Gasteiger partial charge in [-0.3, -0.25) is 4.90 Å². The van der Waals surface area contributed by atoms with E-state index in [1.54, 1.807) is 0 Å². The molecule has 2 aliphatic heterocycles. The van der Waals surface area contributed by atoms with Gasteiger partial charge in [-0.05, 0) is 6.54 Å². The van der Waals surface area contributed by atoms with Gasteiger partial charge in [0.15, 0.2) is 9.84 Å². The highest BCUT2D eigenvalue weighted by molar-refractivity contribution is 7.91. The number of hydrogen-bond acceptors (Lipinski definition) is 4. The van der Waals surface area contributed by atoms with Crippen LogP contribution < -0.4 is 5.32 Å². The lowest BCUT2D eigenvalue weighted by Gasteiger charge is -2.36. The van der Waals surface area contributed by atoms with Crippen LogP contribution in [-0.4, -0.2) is 56.5 Å². The smallest absolute Gasteiger partial charge is 0.153 e. The Bertz CT molecular complexity index is 289. The molecule has 0 aromatic rings. The molecule has 0 aromatic carbocycles. The summed E-state index contributed by atoms with van der Waals surface area (Å²) in [5.41, 5.74) is 0. The van der Waals surface area contributed by atoms with Crippen molar-refractivity contribution >= 4 is 9.84 Å². The van der Waals surface area contributed by atoms with E-state index >= 15 is 0 Å². The highest BCUT2D eigenvalue weighted by atomic mass is 32.2. The highest BCUT2D eigenvalue weighted by Gasteiger charge is 2.41. The third-order valence-electron chi connectivity index (χ3n) is 3.00. The standard InChI is InChI=1S/C8H16N2O2S/c1-2-10-4-3-9-7-5-13(11,12)6-8(7)10/h7-9H,2-6H2,1H3. The predicted molar refractivity (Wildman–Crippen MR) is 51.5 cm³/mol. The Morgan fingerprint density at radius 3 is 2.92 bits per heavy atom. The summed E-state index contributed by atoms with van der Waals surface area (Å²) in [4.78, 5) is 2.27. The van der Waals surface area contributed by atoms with Gasteiger partial charge in [0.1, 0.15) is 0 Å². The molecule has 1 N–H and O–H groups in total. The molecule has 2 heterocycles. The Morgan fingerprint density at radius 2 is 2.23 bits per heavy atom. The predicted octanol–water partition coefficient (Wildman–Crippen LogP) is -0.923. The van der Waals surface area contributed by atoms with E-state index in [0.717, 1.165) is 19.6 Å². The quantitative estimate of drug-likeness (QED) is 0.600. The zero-order valence-corrected chi connectivity index (χ0v) is 8.68. The monoisotopic (exact) mass is 204 g/mol. The first-order valence-corrected chi connectivity index (χ1v) is 6.62. The van der Waals surface area contributed by atoms with E-state index < -0.39 is 9.84 Å². The topological polar surface area (TPSA) is 49.4 Å². The summed E-state index contributed by atoms with van der Waals surface area (Å²) < 4.78 is 22.8. The molecule has 0 spiro atoms. The number of nitrogens with zero attached hydrogens (tertiary/aromatic N) is 1. The minimum absolute atomic E-state index is 0.179. The molecule has 0 bridgehead atoms. The van der Waals surface area contributed by atoms with Gasteiger partial charge in [-0.15, -0.1) is 0 Å². The summed E-state index contributed by atoms with van der Waals surface area (Å²) in [5.74, 6) is 0.673. The number of fused-ring (bicyclic) bond motifs is 1. The van der Waals surface area contributed by atoms with E-state index in [2.05, 4.69) is 17.1 Å². The largest absolute Gasteiger partial charge is 0.310 e. The molecule has 0 radical (unpaired) electrons. The zero-order chi connectivity index (χ0) is 9.47. The van der Waals surface area contributed by atoms with E-state index in [-0.39, 0.29) is 12.1 Å². The van der Waals surface area contributed by atoms with Crippen molar-refractivity contribution in [3.05, 3.63) is 0 Å². The Labute approximate surface area is 79.2 Å². The molecule has 2 fully saturated rings. The maximum atomic E-state index is 11.4. The Morgan fingerprint density at radius 1 is 1.46 bits per heavy atom. The fourth-order valence-electron chi connectivity index (χ4n) is 2.34. The van der Waals surface area contributed by atoms with E-state index in [1.807, 2.05) is 0 Å². The highest BCUT2D eigenvalue weighted by Crippen LogP contribution is 2.20. The molecule has 0 amide bonds. The maximum Gasteiger partial charge on any atom is 0.153 e. The third kappa shape index (κ3) is 1.73. The van der Waals surface area contributed by atoms with Crippen molar-refractivity contribution in [1.82, 2.24) is 10.2 Å². The van der Waals surface area contributed by atoms with E-state index in [9.17, 15) is 8.42 Å². The van der Waals surface area contributed by atoms with Crippen LogP contribution in [0.4, 0.5) is 0 Å². The van der Waals surface area contributed by atoms with E-state index in [1.165, 1.54) is 0 Å². The van der Waals surface area contributed by atoms with Crippen molar-refractivity contribution in [3.63, 3.8) is 0 Å². The van der Waals surface area contributed by atoms with Gasteiger partial charge >= 0.3 is 0 Å². The van der Waals surface area contributed by atoms with Crippen molar-refractivity contribution in [3.8, 4) is 0 Å². The normalized spacial score (nSPS) is 38.8. The average molecular weight is 204 g/mol. The Hall–Kier alpha value is -0.130. The molecule has 76 valence electrons. The van der Waals surface area contributed by atoms with Crippen LogP contribution in [0.1, 0.15) is 6.92 Å². The minimum Gasteiger partial charge on any atom is -0.310 e. The van der Waals surface area contributed by atoms with Crippen LogP contribution in [0.2, 0.25) is 0 Å². The molecule has 2 atom stereocenters. The summed E-state index contributed by atoms with van der Waals surface area (Å²) in [6.07, 6.45) is 0. The summed E-state index contributed by atoms with van der Waals surface area (Å²) in [7, 11) is -2.78. The number of rotatable bonds is 1. The zero-order valence-electron chi connectivity index (χ0n) is 7.86.